The van der Waals surface area contributed by atoms with E-state index in [0.29, 0.717) is 5.75 Å². The molecule has 0 N–H and O–H groups in total. The van der Waals surface area contributed by atoms with Gasteiger partial charge in [0.1, 0.15) is 12.4 Å². The van der Waals surface area contributed by atoms with Crippen LogP contribution in [0.25, 0.3) is 0 Å². The maximum atomic E-state index is 10.6. The van der Waals surface area contributed by atoms with Gasteiger partial charge in [-0.05, 0) is 28.1 Å². The van der Waals surface area contributed by atoms with Crippen LogP contribution >= 0.6 is 26.6 Å². The number of para-hydroxylation sites is 1. The minimum Gasteiger partial charge on any atom is -0.491 e. The van der Waals surface area contributed by atoms with Crippen LogP contribution in [0, 0.1) is 0 Å². The zero-order chi connectivity index (χ0) is 10.6. The summed E-state index contributed by atoms with van der Waals surface area (Å²) in [6, 6.07) is 7.19. The summed E-state index contributed by atoms with van der Waals surface area (Å²) in [7, 11) is 1.54. The Balaban J connectivity index is 2.51. The lowest BCUT2D eigenvalue weighted by Gasteiger charge is -2.05. The first-order chi connectivity index (χ1) is 6.49. The van der Waals surface area contributed by atoms with Crippen molar-refractivity contribution in [1.29, 1.82) is 0 Å². The van der Waals surface area contributed by atoms with Crippen LogP contribution in [0.4, 0.5) is 0 Å². The van der Waals surface area contributed by atoms with Crippen LogP contribution in [-0.2, 0) is 9.05 Å². The third-order valence-corrected chi connectivity index (χ3v) is 3.19. The molecule has 0 amide bonds. The van der Waals surface area contributed by atoms with Crippen LogP contribution in [-0.4, -0.2) is 20.8 Å². The van der Waals surface area contributed by atoms with Gasteiger partial charge in [0.2, 0.25) is 9.05 Å². The van der Waals surface area contributed by atoms with Crippen molar-refractivity contribution in [3.63, 3.8) is 0 Å². The van der Waals surface area contributed by atoms with Crippen molar-refractivity contribution < 1.29 is 13.2 Å². The second-order valence-electron chi connectivity index (χ2n) is 2.52. The summed E-state index contributed by atoms with van der Waals surface area (Å²) >= 11 is 3.27. The molecule has 0 aromatic heterocycles. The largest absolute Gasteiger partial charge is 0.491 e. The summed E-state index contributed by atoms with van der Waals surface area (Å²) in [5.41, 5.74) is 0. The lowest BCUT2D eigenvalue weighted by molar-refractivity contribution is 0.339. The van der Waals surface area contributed by atoms with E-state index in [-0.39, 0.29) is 12.4 Å². The lowest BCUT2D eigenvalue weighted by atomic mass is 10.3. The van der Waals surface area contributed by atoms with Crippen LogP contribution < -0.4 is 4.74 Å². The molecule has 1 rings (SSSR count). The van der Waals surface area contributed by atoms with E-state index in [0.717, 1.165) is 4.47 Å². The molecule has 0 atom stereocenters. The Kier molecular flexibility index (Phi) is 4.22. The van der Waals surface area contributed by atoms with Gasteiger partial charge in [0, 0.05) is 10.7 Å². The number of halogens is 2. The van der Waals surface area contributed by atoms with Crippen LogP contribution in [0.15, 0.2) is 28.7 Å². The maximum Gasteiger partial charge on any atom is 0.235 e. The quantitative estimate of drug-likeness (QED) is 0.802. The van der Waals surface area contributed by atoms with Crippen molar-refractivity contribution in [1.82, 2.24) is 0 Å². The van der Waals surface area contributed by atoms with Gasteiger partial charge in [0.05, 0.1) is 10.2 Å². The van der Waals surface area contributed by atoms with Gasteiger partial charge in [-0.2, -0.15) is 0 Å². The Bertz CT molecular complexity index is 405. The first-order valence-corrected chi connectivity index (χ1v) is 7.06. The van der Waals surface area contributed by atoms with Crippen molar-refractivity contribution >= 4 is 35.7 Å². The molecule has 0 spiro atoms. The van der Waals surface area contributed by atoms with Crippen LogP contribution in [0.5, 0.6) is 5.75 Å². The lowest BCUT2D eigenvalue weighted by Crippen LogP contribution is -2.08. The summed E-state index contributed by atoms with van der Waals surface area (Å²) < 4.78 is 27.1. The molecule has 0 heterocycles. The van der Waals surface area contributed by atoms with Gasteiger partial charge in [-0.25, -0.2) is 8.42 Å². The van der Waals surface area contributed by atoms with E-state index in [1.165, 1.54) is 0 Å². The van der Waals surface area contributed by atoms with Crippen molar-refractivity contribution in [3.05, 3.63) is 28.7 Å². The Morgan fingerprint density at radius 3 is 2.57 bits per heavy atom. The van der Waals surface area contributed by atoms with Crippen molar-refractivity contribution in [2.75, 3.05) is 12.4 Å². The summed E-state index contributed by atoms with van der Waals surface area (Å²) in [5, 5.41) is 0. The van der Waals surface area contributed by atoms with Gasteiger partial charge < -0.3 is 4.74 Å². The van der Waals surface area contributed by atoms with Gasteiger partial charge in [-0.3, -0.25) is 0 Å². The predicted octanol–water partition coefficient (Wildman–Crippen LogP) is 2.40. The third kappa shape index (κ3) is 4.30. The van der Waals surface area contributed by atoms with Crippen LogP contribution in [0.1, 0.15) is 0 Å². The summed E-state index contributed by atoms with van der Waals surface area (Å²) in [5.74, 6) is 0.406. The van der Waals surface area contributed by atoms with Crippen LogP contribution in [0.2, 0.25) is 0 Å². The highest BCUT2D eigenvalue weighted by Gasteiger charge is 2.06. The zero-order valence-electron chi connectivity index (χ0n) is 7.11. The average molecular weight is 300 g/mol. The highest BCUT2D eigenvalue weighted by Crippen LogP contribution is 2.23. The Hall–Kier alpha value is -0.260. The molecule has 0 aliphatic carbocycles. The molecule has 0 bridgehead atoms. The normalized spacial score (nSPS) is 11.3. The Labute approximate surface area is 95.6 Å². The maximum absolute atomic E-state index is 10.6. The van der Waals surface area contributed by atoms with E-state index >= 15 is 0 Å². The van der Waals surface area contributed by atoms with Crippen molar-refractivity contribution in [2.45, 2.75) is 0 Å². The molecule has 0 aliphatic heterocycles. The molecular weight excluding hydrogens is 292 g/mol. The monoisotopic (exact) mass is 298 g/mol. The fraction of sp³-hybridized carbons (Fsp3) is 0.250. The first kappa shape index (κ1) is 11.8. The van der Waals surface area contributed by atoms with Crippen molar-refractivity contribution in [2.24, 2.45) is 0 Å². The molecule has 1 aromatic carbocycles. The van der Waals surface area contributed by atoms with Gasteiger partial charge in [0.25, 0.3) is 0 Å². The summed E-state index contributed by atoms with van der Waals surface area (Å²) in [6.07, 6.45) is 0. The SMILES string of the molecule is O=S(=O)(Cl)CCOc1ccccc1Br. The van der Waals surface area contributed by atoms with E-state index in [2.05, 4.69) is 15.9 Å². The molecule has 0 fully saturated rings. The van der Waals surface area contributed by atoms with E-state index in [1.807, 2.05) is 12.1 Å². The Morgan fingerprint density at radius 2 is 2.00 bits per heavy atom. The molecule has 0 saturated heterocycles. The van der Waals surface area contributed by atoms with Gasteiger partial charge in [-0.15, -0.1) is 0 Å². The summed E-state index contributed by atoms with van der Waals surface area (Å²) in [4.78, 5) is 0. The zero-order valence-corrected chi connectivity index (χ0v) is 10.3. The second kappa shape index (κ2) is 5.00. The topological polar surface area (TPSA) is 43.4 Å². The standard InChI is InChI=1S/C8H8BrClO3S/c9-7-3-1-2-4-8(7)13-5-6-14(10,11)12/h1-4H,5-6H2. The fourth-order valence-electron chi connectivity index (χ4n) is 0.813. The molecule has 0 aliphatic rings. The smallest absolute Gasteiger partial charge is 0.235 e. The molecule has 3 nitrogen and oxygen atoms in total. The number of rotatable bonds is 4. The Morgan fingerprint density at radius 1 is 1.36 bits per heavy atom. The molecule has 0 radical (unpaired) electrons. The molecular formula is C8H8BrClO3S. The van der Waals surface area contributed by atoms with E-state index < -0.39 is 9.05 Å². The number of benzene rings is 1. The van der Waals surface area contributed by atoms with Crippen molar-refractivity contribution in [3.8, 4) is 5.75 Å². The minimum absolute atomic E-state index is 0.0500. The first-order valence-electron chi connectivity index (χ1n) is 3.79. The van der Waals surface area contributed by atoms with E-state index in [4.69, 9.17) is 15.4 Å². The predicted molar refractivity (Wildman–Crippen MR) is 59.3 cm³/mol. The summed E-state index contributed by atoms with van der Waals surface area (Å²) in [6.45, 7) is 0.0500. The molecule has 6 heteroatoms. The molecule has 0 unspecified atom stereocenters. The minimum atomic E-state index is -3.48. The molecule has 78 valence electrons. The molecule has 0 saturated carbocycles. The fourth-order valence-corrected chi connectivity index (χ4v) is 1.68. The number of hydrogen-bond donors (Lipinski definition) is 0. The van der Waals surface area contributed by atoms with Gasteiger partial charge >= 0.3 is 0 Å². The van der Waals surface area contributed by atoms with E-state index in [9.17, 15) is 8.42 Å². The highest BCUT2D eigenvalue weighted by atomic mass is 79.9. The van der Waals surface area contributed by atoms with Gasteiger partial charge in [-0.1, -0.05) is 12.1 Å². The third-order valence-electron chi connectivity index (χ3n) is 1.42. The van der Waals surface area contributed by atoms with Crippen LogP contribution in [0.3, 0.4) is 0 Å². The number of ether oxygens (including phenoxy) is 1. The molecule has 14 heavy (non-hydrogen) atoms. The van der Waals surface area contributed by atoms with Gasteiger partial charge in [0.15, 0.2) is 0 Å². The second-order valence-corrected chi connectivity index (χ2v) is 6.27. The molecule has 1 aromatic rings. The van der Waals surface area contributed by atoms with E-state index in [1.54, 1.807) is 12.1 Å². The highest BCUT2D eigenvalue weighted by molar-refractivity contribution is 9.10. The average Bonchev–Trinajstić information content (AvgIpc) is 2.06. The number of hydrogen-bond acceptors (Lipinski definition) is 3.